The van der Waals surface area contributed by atoms with Gasteiger partial charge in [-0.15, -0.1) is 0 Å². The van der Waals surface area contributed by atoms with Crippen LogP contribution < -0.4 is 0 Å². The van der Waals surface area contributed by atoms with Crippen LogP contribution in [0.1, 0.15) is 6.92 Å². The van der Waals surface area contributed by atoms with Crippen molar-refractivity contribution in [1.82, 2.24) is 0 Å². The monoisotopic (exact) mass is 116 g/mol. The Bertz CT molecular complexity index is 49.7. The minimum atomic E-state index is 0.222. The third-order valence-electron chi connectivity index (χ3n) is 0.918. The van der Waals surface area contributed by atoms with E-state index in [4.69, 9.17) is 9.84 Å². The number of ether oxygens (including phenoxy) is 1. The molecule has 0 aromatic rings. The molecule has 0 aliphatic rings. The summed E-state index contributed by atoms with van der Waals surface area (Å²) in [4.78, 5) is 0. The second kappa shape index (κ2) is 5.13. The third kappa shape index (κ3) is 4.15. The summed E-state index contributed by atoms with van der Waals surface area (Å²) in [6.07, 6.45) is 0. The summed E-state index contributed by atoms with van der Waals surface area (Å²) in [7, 11) is 1.95. The van der Waals surface area contributed by atoms with Crippen LogP contribution in [0.25, 0.3) is 0 Å². The molecule has 0 spiro atoms. The number of aliphatic hydroxyl groups is 1. The fourth-order valence-electron chi connectivity index (χ4n) is 0.372. The standard InChI is InChI=1S/C5H13BO2/c1-5(2-7)3-8-4-6/h5,7H,2-4,6H2,1H3. The Morgan fingerprint density at radius 2 is 2.38 bits per heavy atom. The zero-order valence-electron chi connectivity index (χ0n) is 5.55. The first-order chi connectivity index (χ1) is 3.81. The molecule has 48 valence electrons. The van der Waals surface area contributed by atoms with Crippen LogP contribution in [-0.2, 0) is 4.74 Å². The normalized spacial score (nSPS) is 13.8. The van der Waals surface area contributed by atoms with E-state index in [1.165, 1.54) is 0 Å². The molecule has 2 nitrogen and oxygen atoms in total. The van der Waals surface area contributed by atoms with Gasteiger partial charge >= 0.3 is 0 Å². The topological polar surface area (TPSA) is 29.5 Å². The van der Waals surface area contributed by atoms with Crippen molar-refractivity contribution in [3.8, 4) is 0 Å². The average Bonchev–Trinajstić information content (AvgIpc) is 1.83. The lowest BCUT2D eigenvalue weighted by Crippen LogP contribution is -2.10. The van der Waals surface area contributed by atoms with Crippen LogP contribution in [0.2, 0.25) is 0 Å². The van der Waals surface area contributed by atoms with E-state index in [1.54, 1.807) is 0 Å². The fourth-order valence-corrected chi connectivity index (χ4v) is 0.372. The highest BCUT2D eigenvalue weighted by Crippen LogP contribution is 1.91. The molecule has 0 saturated carbocycles. The van der Waals surface area contributed by atoms with Gasteiger partial charge in [-0.25, -0.2) is 0 Å². The van der Waals surface area contributed by atoms with Crippen LogP contribution in [0.3, 0.4) is 0 Å². The summed E-state index contributed by atoms with van der Waals surface area (Å²) in [5.41, 5.74) is 0. The van der Waals surface area contributed by atoms with Crippen molar-refractivity contribution in [3.63, 3.8) is 0 Å². The van der Waals surface area contributed by atoms with E-state index >= 15 is 0 Å². The first-order valence-electron chi connectivity index (χ1n) is 2.99. The minimum Gasteiger partial charge on any atom is -0.396 e. The van der Waals surface area contributed by atoms with Gasteiger partial charge < -0.3 is 9.84 Å². The molecule has 0 fully saturated rings. The molecular weight excluding hydrogens is 103 g/mol. The van der Waals surface area contributed by atoms with Crippen molar-refractivity contribution in [2.45, 2.75) is 6.92 Å². The molecule has 0 aromatic carbocycles. The maximum absolute atomic E-state index is 8.48. The molecule has 0 saturated heterocycles. The molecule has 0 aromatic heterocycles. The van der Waals surface area contributed by atoms with Crippen molar-refractivity contribution < 1.29 is 9.84 Å². The van der Waals surface area contributed by atoms with Gasteiger partial charge in [0.05, 0.1) is 6.61 Å². The summed E-state index contributed by atoms with van der Waals surface area (Å²) in [6, 6.07) is 0. The summed E-state index contributed by atoms with van der Waals surface area (Å²) >= 11 is 0. The van der Waals surface area contributed by atoms with Gasteiger partial charge in [0, 0.05) is 19.0 Å². The molecule has 1 N–H and O–H groups in total. The molecule has 0 aliphatic carbocycles. The van der Waals surface area contributed by atoms with Crippen molar-refractivity contribution in [1.29, 1.82) is 0 Å². The number of rotatable bonds is 4. The summed E-state index contributed by atoms with van der Waals surface area (Å²) in [6.45, 7) is 3.59. The zero-order chi connectivity index (χ0) is 6.41. The average molecular weight is 116 g/mol. The smallest absolute Gasteiger partial charge is 0.135 e. The minimum absolute atomic E-state index is 0.222. The first kappa shape index (κ1) is 7.98. The lowest BCUT2D eigenvalue weighted by Gasteiger charge is -2.05. The Morgan fingerprint density at radius 1 is 1.75 bits per heavy atom. The first-order valence-corrected chi connectivity index (χ1v) is 2.99. The van der Waals surface area contributed by atoms with E-state index in [0.717, 1.165) is 6.51 Å². The van der Waals surface area contributed by atoms with E-state index in [9.17, 15) is 0 Å². The molecule has 0 aliphatic heterocycles. The van der Waals surface area contributed by atoms with E-state index in [-0.39, 0.29) is 12.5 Å². The Hall–Kier alpha value is -0.0151. The number of hydrogen-bond donors (Lipinski definition) is 1. The largest absolute Gasteiger partial charge is 0.396 e. The molecule has 0 amide bonds. The summed E-state index contributed by atoms with van der Waals surface area (Å²) in [5, 5.41) is 8.48. The molecule has 1 unspecified atom stereocenters. The van der Waals surface area contributed by atoms with Crippen LogP contribution >= 0.6 is 0 Å². The van der Waals surface area contributed by atoms with Crippen LogP contribution in [-0.4, -0.2) is 32.7 Å². The highest BCUT2D eigenvalue weighted by atomic mass is 16.5. The zero-order valence-corrected chi connectivity index (χ0v) is 5.55. The van der Waals surface area contributed by atoms with Gasteiger partial charge in [-0.2, -0.15) is 0 Å². The van der Waals surface area contributed by atoms with E-state index in [0.29, 0.717) is 6.61 Å². The molecule has 8 heavy (non-hydrogen) atoms. The van der Waals surface area contributed by atoms with Crippen LogP contribution in [0.5, 0.6) is 0 Å². The summed E-state index contributed by atoms with van der Waals surface area (Å²) in [5.74, 6) is 0.287. The van der Waals surface area contributed by atoms with Gasteiger partial charge in [-0.1, -0.05) is 6.92 Å². The molecular formula is C5H13BO2. The maximum atomic E-state index is 8.48. The molecule has 0 radical (unpaired) electrons. The third-order valence-corrected chi connectivity index (χ3v) is 0.918. The van der Waals surface area contributed by atoms with E-state index < -0.39 is 0 Å². The SMILES string of the molecule is BCOCC(C)CO. The van der Waals surface area contributed by atoms with Gasteiger partial charge in [-0.3, -0.25) is 0 Å². The van der Waals surface area contributed by atoms with Gasteiger partial charge in [0.2, 0.25) is 0 Å². The number of hydrogen-bond acceptors (Lipinski definition) is 2. The van der Waals surface area contributed by atoms with Crippen molar-refractivity contribution in [3.05, 3.63) is 0 Å². The van der Waals surface area contributed by atoms with Gasteiger partial charge in [-0.05, 0) is 0 Å². The van der Waals surface area contributed by atoms with Gasteiger partial charge in [0.25, 0.3) is 0 Å². The predicted molar refractivity (Wildman–Crippen MR) is 35.6 cm³/mol. The van der Waals surface area contributed by atoms with Crippen LogP contribution in [0.15, 0.2) is 0 Å². The lowest BCUT2D eigenvalue weighted by molar-refractivity contribution is 0.108. The number of aliphatic hydroxyl groups excluding tert-OH is 1. The Labute approximate surface area is 51.3 Å². The maximum Gasteiger partial charge on any atom is 0.135 e. The second-order valence-corrected chi connectivity index (χ2v) is 1.95. The Kier molecular flexibility index (Phi) is 5.12. The fraction of sp³-hybridized carbons (Fsp3) is 1.00. The second-order valence-electron chi connectivity index (χ2n) is 1.95. The highest BCUT2D eigenvalue weighted by Gasteiger charge is 1.96. The summed E-state index contributed by atoms with van der Waals surface area (Å²) < 4.78 is 5.03. The Balaban J connectivity index is 2.86. The van der Waals surface area contributed by atoms with Gasteiger partial charge in [0.15, 0.2) is 0 Å². The van der Waals surface area contributed by atoms with Crippen LogP contribution in [0, 0.1) is 5.92 Å². The molecule has 1 atom stereocenters. The van der Waals surface area contributed by atoms with Gasteiger partial charge in [0.1, 0.15) is 7.85 Å². The van der Waals surface area contributed by atoms with Crippen LogP contribution in [0.4, 0.5) is 0 Å². The van der Waals surface area contributed by atoms with E-state index in [2.05, 4.69) is 0 Å². The van der Waals surface area contributed by atoms with Crippen molar-refractivity contribution in [2.24, 2.45) is 5.92 Å². The molecule has 0 heterocycles. The van der Waals surface area contributed by atoms with E-state index in [1.807, 2.05) is 14.8 Å². The highest BCUT2D eigenvalue weighted by molar-refractivity contribution is 6.08. The quantitative estimate of drug-likeness (QED) is 0.488. The molecule has 0 bridgehead atoms. The lowest BCUT2D eigenvalue weighted by atomic mass is 10.2. The predicted octanol–water partition coefficient (Wildman–Crippen LogP) is -0.778. The molecule has 0 rings (SSSR count). The molecule has 3 heteroatoms. The van der Waals surface area contributed by atoms with Crippen molar-refractivity contribution in [2.75, 3.05) is 19.7 Å². The van der Waals surface area contributed by atoms with Crippen molar-refractivity contribution >= 4 is 7.85 Å². The Morgan fingerprint density at radius 3 is 2.75 bits per heavy atom.